The van der Waals surface area contributed by atoms with Crippen molar-refractivity contribution in [3.63, 3.8) is 0 Å². The third-order valence-corrected chi connectivity index (χ3v) is 3.86. The normalized spacial score (nSPS) is 11.6. The maximum absolute atomic E-state index is 12.7. The van der Waals surface area contributed by atoms with Gasteiger partial charge in [0.15, 0.2) is 0 Å². The van der Waals surface area contributed by atoms with Crippen molar-refractivity contribution in [1.29, 1.82) is 0 Å². The average molecular weight is 313 g/mol. The van der Waals surface area contributed by atoms with Crippen LogP contribution in [-0.4, -0.2) is 5.71 Å². The van der Waals surface area contributed by atoms with E-state index < -0.39 is 0 Å². The SMILES string of the molecule is C/C(=N/Nc1ccc(F)cc1)c1ccc(Br)s1. The highest BCUT2D eigenvalue weighted by atomic mass is 79.9. The van der Waals surface area contributed by atoms with Gasteiger partial charge >= 0.3 is 0 Å². The van der Waals surface area contributed by atoms with E-state index in [0.717, 1.165) is 20.1 Å². The van der Waals surface area contributed by atoms with E-state index >= 15 is 0 Å². The third-order valence-electron chi connectivity index (χ3n) is 2.13. The molecule has 0 bridgehead atoms. The van der Waals surface area contributed by atoms with Crippen LogP contribution in [0.3, 0.4) is 0 Å². The van der Waals surface area contributed by atoms with Gasteiger partial charge < -0.3 is 0 Å². The van der Waals surface area contributed by atoms with Crippen LogP contribution in [0.4, 0.5) is 10.1 Å². The maximum atomic E-state index is 12.7. The molecule has 1 aromatic carbocycles. The minimum atomic E-state index is -0.251. The molecule has 1 aromatic heterocycles. The van der Waals surface area contributed by atoms with Crippen molar-refractivity contribution in [2.24, 2.45) is 5.10 Å². The Kier molecular flexibility index (Phi) is 3.91. The fourth-order valence-electron chi connectivity index (χ4n) is 1.24. The van der Waals surface area contributed by atoms with Crippen molar-refractivity contribution in [3.05, 3.63) is 50.9 Å². The molecular formula is C12H10BrFN2S. The first kappa shape index (κ1) is 12.3. The number of nitrogens with zero attached hydrogens (tertiary/aromatic N) is 1. The zero-order chi connectivity index (χ0) is 12.3. The highest BCUT2D eigenvalue weighted by molar-refractivity contribution is 9.11. The van der Waals surface area contributed by atoms with Crippen LogP contribution in [0.2, 0.25) is 0 Å². The summed E-state index contributed by atoms with van der Waals surface area (Å²) < 4.78 is 13.8. The molecule has 0 aliphatic rings. The molecule has 1 heterocycles. The van der Waals surface area contributed by atoms with E-state index in [4.69, 9.17) is 0 Å². The summed E-state index contributed by atoms with van der Waals surface area (Å²) in [5, 5.41) is 4.24. The molecule has 0 saturated carbocycles. The van der Waals surface area contributed by atoms with Crippen molar-refractivity contribution < 1.29 is 4.39 Å². The topological polar surface area (TPSA) is 24.4 Å². The summed E-state index contributed by atoms with van der Waals surface area (Å²) in [6.45, 7) is 1.93. The first-order chi connectivity index (χ1) is 8.15. The van der Waals surface area contributed by atoms with Gasteiger partial charge in [-0.15, -0.1) is 11.3 Å². The molecule has 0 amide bonds. The summed E-state index contributed by atoms with van der Waals surface area (Å²) in [4.78, 5) is 1.09. The molecule has 5 heteroatoms. The molecular weight excluding hydrogens is 303 g/mol. The third kappa shape index (κ3) is 3.38. The zero-order valence-corrected chi connectivity index (χ0v) is 11.5. The number of rotatable bonds is 3. The Hall–Kier alpha value is -1.20. The molecule has 0 radical (unpaired) electrons. The first-order valence-corrected chi connectivity index (χ1v) is 6.57. The summed E-state index contributed by atoms with van der Waals surface area (Å²) >= 11 is 5.03. The highest BCUT2D eigenvalue weighted by Gasteiger charge is 2.01. The fourth-order valence-corrected chi connectivity index (χ4v) is 2.57. The van der Waals surface area contributed by atoms with Gasteiger partial charge in [0.2, 0.25) is 0 Å². The number of nitrogens with one attached hydrogen (secondary N) is 1. The van der Waals surface area contributed by atoms with Crippen LogP contribution in [-0.2, 0) is 0 Å². The minimum Gasteiger partial charge on any atom is -0.278 e. The largest absolute Gasteiger partial charge is 0.278 e. The van der Waals surface area contributed by atoms with Crippen LogP contribution in [0.1, 0.15) is 11.8 Å². The second-order valence-electron chi connectivity index (χ2n) is 3.42. The van der Waals surface area contributed by atoms with E-state index in [-0.39, 0.29) is 5.82 Å². The molecule has 1 N–H and O–H groups in total. The van der Waals surface area contributed by atoms with Gasteiger partial charge in [0.25, 0.3) is 0 Å². The molecule has 0 saturated heterocycles. The Bertz CT molecular complexity index is 534. The van der Waals surface area contributed by atoms with Gasteiger partial charge in [0, 0.05) is 0 Å². The molecule has 2 aromatic rings. The molecule has 0 spiro atoms. The molecule has 0 unspecified atom stereocenters. The number of halogens is 2. The molecule has 0 aliphatic carbocycles. The lowest BCUT2D eigenvalue weighted by molar-refractivity contribution is 0.628. The maximum Gasteiger partial charge on any atom is 0.123 e. The quantitative estimate of drug-likeness (QED) is 0.655. The Morgan fingerprint density at radius 3 is 2.53 bits per heavy atom. The lowest BCUT2D eigenvalue weighted by atomic mass is 10.3. The summed E-state index contributed by atoms with van der Waals surface area (Å²) in [5.74, 6) is -0.251. The summed E-state index contributed by atoms with van der Waals surface area (Å²) in [6, 6.07) is 10.1. The van der Waals surface area contributed by atoms with Crippen LogP contribution in [0.25, 0.3) is 0 Å². The van der Waals surface area contributed by atoms with E-state index in [1.165, 1.54) is 12.1 Å². The molecule has 17 heavy (non-hydrogen) atoms. The van der Waals surface area contributed by atoms with Gasteiger partial charge in [-0.1, -0.05) is 0 Å². The highest BCUT2D eigenvalue weighted by Crippen LogP contribution is 2.22. The van der Waals surface area contributed by atoms with Gasteiger partial charge in [-0.2, -0.15) is 5.10 Å². The lowest BCUT2D eigenvalue weighted by Crippen LogP contribution is -1.97. The number of hydrogen-bond donors (Lipinski definition) is 1. The smallest absolute Gasteiger partial charge is 0.123 e. The predicted octanol–water partition coefficient (Wildman–Crippen LogP) is 4.49. The van der Waals surface area contributed by atoms with Gasteiger partial charge in [0.05, 0.1) is 20.1 Å². The second-order valence-corrected chi connectivity index (χ2v) is 5.88. The number of anilines is 1. The Morgan fingerprint density at radius 2 is 1.94 bits per heavy atom. The Morgan fingerprint density at radius 1 is 1.24 bits per heavy atom. The van der Waals surface area contributed by atoms with Crippen molar-refractivity contribution in [2.45, 2.75) is 6.92 Å². The second kappa shape index (κ2) is 5.42. The van der Waals surface area contributed by atoms with Crippen LogP contribution in [0.5, 0.6) is 0 Å². The molecule has 0 atom stereocenters. The van der Waals surface area contributed by atoms with Gasteiger partial charge in [-0.05, 0) is 59.3 Å². The number of benzene rings is 1. The van der Waals surface area contributed by atoms with Gasteiger partial charge in [-0.3, -0.25) is 5.43 Å². The van der Waals surface area contributed by atoms with Crippen molar-refractivity contribution in [2.75, 3.05) is 5.43 Å². The van der Waals surface area contributed by atoms with Crippen LogP contribution < -0.4 is 5.43 Å². The molecule has 2 nitrogen and oxygen atoms in total. The van der Waals surface area contributed by atoms with Crippen molar-refractivity contribution >= 4 is 38.7 Å². The molecule has 2 rings (SSSR count). The number of hydrogen-bond acceptors (Lipinski definition) is 3. The number of thiophene rings is 1. The van der Waals surface area contributed by atoms with E-state index in [0.29, 0.717) is 0 Å². The summed E-state index contributed by atoms with van der Waals surface area (Å²) in [5.41, 5.74) is 4.55. The lowest BCUT2D eigenvalue weighted by Gasteiger charge is -2.01. The van der Waals surface area contributed by atoms with Crippen molar-refractivity contribution in [1.82, 2.24) is 0 Å². The van der Waals surface area contributed by atoms with E-state index in [9.17, 15) is 4.39 Å². The van der Waals surface area contributed by atoms with Crippen LogP contribution >= 0.6 is 27.3 Å². The first-order valence-electron chi connectivity index (χ1n) is 4.97. The number of hydrazone groups is 1. The average Bonchev–Trinajstić information content (AvgIpc) is 2.75. The Balaban J connectivity index is 2.08. The van der Waals surface area contributed by atoms with Crippen LogP contribution in [0.15, 0.2) is 45.3 Å². The van der Waals surface area contributed by atoms with Crippen molar-refractivity contribution in [3.8, 4) is 0 Å². The van der Waals surface area contributed by atoms with Gasteiger partial charge in [0.1, 0.15) is 5.82 Å². The zero-order valence-electron chi connectivity index (χ0n) is 9.08. The minimum absolute atomic E-state index is 0.251. The molecule has 88 valence electrons. The van der Waals surface area contributed by atoms with Crippen LogP contribution in [0, 0.1) is 5.82 Å². The standard InChI is InChI=1S/C12H10BrFN2S/c1-8(11-6-7-12(13)17-11)15-16-10-4-2-9(14)3-5-10/h2-7,16H,1H3/b15-8-. The predicted molar refractivity (Wildman–Crippen MR) is 74.3 cm³/mol. The molecule has 0 aliphatic heterocycles. The summed E-state index contributed by atoms with van der Waals surface area (Å²) in [6.07, 6.45) is 0. The van der Waals surface area contributed by atoms with E-state index in [1.54, 1.807) is 23.5 Å². The van der Waals surface area contributed by atoms with Gasteiger partial charge in [-0.25, -0.2) is 4.39 Å². The van der Waals surface area contributed by atoms with E-state index in [2.05, 4.69) is 26.5 Å². The Labute approximate surface area is 111 Å². The summed E-state index contributed by atoms with van der Waals surface area (Å²) in [7, 11) is 0. The fraction of sp³-hybridized carbons (Fsp3) is 0.0833. The van der Waals surface area contributed by atoms with E-state index in [1.807, 2.05) is 19.1 Å². The molecule has 0 fully saturated rings. The monoisotopic (exact) mass is 312 g/mol.